The number of urea groups is 1. The third-order valence-corrected chi connectivity index (χ3v) is 2.61. The highest BCUT2D eigenvalue weighted by Crippen LogP contribution is 2.25. The quantitative estimate of drug-likeness (QED) is 0.851. The van der Waals surface area contributed by atoms with E-state index in [0.717, 1.165) is 9.76 Å². The van der Waals surface area contributed by atoms with E-state index in [2.05, 4.69) is 20.7 Å². The van der Waals surface area contributed by atoms with Crippen LogP contribution in [-0.4, -0.2) is 32.7 Å². The molecule has 8 heteroatoms. The number of nitrogens with one attached hydrogen (secondary N) is 2. The van der Waals surface area contributed by atoms with Crippen LogP contribution < -0.4 is 10.6 Å². The maximum atomic E-state index is 11.6. The van der Waals surface area contributed by atoms with E-state index in [1.165, 1.54) is 6.20 Å². The third kappa shape index (κ3) is 3.59. The Bertz CT molecular complexity index is 557. The zero-order valence-corrected chi connectivity index (χ0v) is 11.3. The van der Waals surface area contributed by atoms with Crippen LogP contribution in [0, 0.1) is 0 Å². The molecule has 0 spiro atoms. The van der Waals surface area contributed by atoms with Crippen LogP contribution in [0.2, 0.25) is 0 Å². The minimum Gasteiger partial charge on any atom is -0.337 e. The van der Waals surface area contributed by atoms with Crippen molar-refractivity contribution in [3.05, 3.63) is 30.7 Å². The molecule has 2 heterocycles. The first-order valence-corrected chi connectivity index (χ1v) is 6.35. The number of halogens is 2. The molecule has 19 heavy (non-hydrogen) atoms. The summed E-state index contributed by atoms with van der Waals surface area (Å²) in [6.07, 6.45) is 4.80. The average Bonchev–Trinajstić information content (AvgIpc) is 2.78. The molecule has 2 aromatic rings. The van der Waals surface area contributed by atoms with Crippen molar-refractivity contribution in [3.63, 3.8) is 0 Å². The second-order valence-electron chi connectivity index (χ2n) is 3.59. The summed E-state index contributed by atoms with van der Waals surface area (Å²) in [7, 11) is 0. The largest absolute Gasteiger partial charge is 0.337 e. The standard InChI is InChI=1S/C11H11Cl2N5O/c12-3-5-15-11(19)16-9-7-18(13)17-10(9)8-2-1-4-14-6-8/h1-2,4,6-7H,3,5H2,(H2,15,16,19). The number of pyridine rings is 1. The predicted octanol–water partition coefficient (Wildman–Crippen LogP) is 2.31. The van der Waals surface area contributed by atoms with E-state index in [1.807, 2.05) is 6.07 Å². The number of carbonyl (C=O) groups excluding carboxylic acids is 1. The van der Waals surface area contributed by atoms with E-state index < -0.39 is 0 Å². The zero-order valence-electron chi connectivity index (χ0n) is 9.81. The predicted molar refractivity (Wildman–Crippen MR) is 74.5 cm³/mol. The maximum Gasteiger partial charge on any atom is 0.319 e. The molecule has 0 bridgehead atoms. The number of hydrogen-bond acceptors (Lipinski definition) is 3. The molecule has 0 saturated heterocycles. The number of anilines is 1. The molecular weight excluding hydrogens is 289 g/mol. The topological polar surface area (TPSA) is 71.8 Å². The van der Waals surface area contributed by atoms with Crippen molar-refractivity contribution in [2.45, 2.75) is 0 Å². The molecule has 2 aromatic heterocycles. The summed E-state index contributed by atoms with van der Waals surface area (Å²) in [6, 6.07) is 3.24. The van der Waals surface area contributed by atoms with Gasteiger partial charge in [-0.3, -0.25) is 4.98 Å². The molecule has 0 aliphatic rings. The summed E-state index contributed by atoms with van der Waals surface area (Å²) in [6.45, 7) is 0.380. The van der Waals surface area contributed by atoms with Gasteiger partial charge in [-0.1, -0.05) is 0 Å². The number of carbonyl (C=O) groups is 1. The molecule has 2 N–H and O–H groups in total. The SMILES string of the molecule is O=C(NCCCl)Nc1cn(Cl)nc1-c1cccnc1. The Morgan fingerprint density at radius 3 is 3.00 bits per heavy atom. The average molecular weight is 300 g/mol. The molecule has 0 unspecified atom stereocenters. The van der Waals surface area contributed by atoms with Gasteiger partial charge in [-0.25, -0.2) is 4.79 Å². The van der Waals surface area contributed by atoms with E-state index in [-0.39, 0.29) is 6.03 Å². The monoisotopic (exact) mass is 299 g/mol. The van der Waals surface area contributed by atoms with Gasteiger partial charge in [-0.15, -0.1) is 11.6 Å². The Morgan fingerprint density at radius 2 is 2.32 bits per heavy atom. The van der Waals surface area contributed by atoms with Crippen LogP contribution in [0.1, 0.15) is 0 Å². The summed E-state index contributed by atoms with van der Waals surface area (Å²) < 4.78 is 1.11. The van der Waals surface area contributed by atoms with Crippen molar-refractivity contribution in [2.75, 3.05) is 17.7 Å². The van der Waals surface area contributed by atoms with Gasteiger partial charge in [-0.05, 0) is 12.1 Å². The molecule has 0 fully saturated rings. The molecule has 2 rings (SSSR count). The van der Waals surface area contributed by atoms with Gasteiger partial charge in [0, 0.05) is 42.2 Å². The van der Waals surface area contributed by atoms with Gasteiger partial charge in [-0.2, -0.15) is 9.30 Å². The Morgan fingerprint density at radius 1 is 1.47 bits per heavy atom. The van der Waals surface area contributed by atoms with Crippen molar-refractivity contribution in [1.82, 2.24) is 19.6 Å². The first-order chi connectivity index (χ1) is 9.20. The Balaban J connectivity index is 2.20. The van der Waals surface area contributed by atoms with Crippen molar-refractivity contribution in [2.24, 2.45) is 0 Å². The van der Waals surface area contributed by atoms with Gasteiger partial charge in [0.2, 0.25) is 0 Å². The summed E-state index contributed by atoms with van der Waals surface area (Å²) in [4.78, 5) is 15.6. The maximum absolute atomic E-state index is 11.6. The molecule has 2 amide bonds. The lowest BCUT2D eigenvalue weighted by Gasteiger charge is -2.05. The number of alkyl halides is 1. The van der Waals surface area contributed by atoms with E-state index in [4.69, 9.17) is 23.4 Å². The Kier molecular flexibility index (Phi) is 4.59. The van der Waals surface area contributed by atoms with Gasteiger partial charge < -0.3 is 10.6 Å². The number of aromatic nitrogens is 3. The lowest BCUT2D eigenvalue weighted by Crippen LogP contribution is -2.30. The minimum absolute atomic E-state index is 0.345. The highest BCUT2D eigenvalue weighted by Gasteiger charge is 2.13. The molecule has 100 valence electrons. The number of amides is 2. The second-order valence-corrected chi connectivity index (χ2v) is 4.32. The normalized spacial score (nSPS) is 10.2. The molecule has 0 saturated carbocycles. The fourth-order valence-electron chi connectivity index (χ4n) is 1.48. The van der Waals surface area contributed by atoms with Crippen LogP contribution >= 0.6 is 23.4 Å². The van der Waals surface area contributed by atoms with Crippen LogP contribution in [0.3, 0.4) is 0 Å². The first kappa shape index (κ1) is 13.6. The second kappa shape index (κ2) is 6.40. The van der Waals surface area contributed by atoms with Crippen LogP contribution in [-0.2, 0) is 0 Å². The van der Waals surface area contributed by atoms with E-state index in [1.54, 1.807) is 18.5 Å². The molecule has 6 nitrogen and oxygen atoms in total. The highest BCUT2D eigenvalue weighted by atomic mass is 35.5. The van der Waals surface area contributed by atoms with Gasteiger partial charge in [0.25, 0.3) is 0 Å². The van der Waals surface area contributed by atoms with Crippen molar-refractivity contribution in [1.29, 1.82) is 0 Å². The first-order valence-electron chi connectivity index (χ1n) is 5.47. The van der Waals surface area contributed by atoms with Crippen LogP contribution in [0.15, 0.2) is 30.7 Å². The van der Waals surface area contributed by atoms with Crippen molar-refractivity contribution >= 4 is 35.1 Å². The fraction of sp³-hybridized carbons (Fsp3) is 0.182. The van der Waals surface area contributed by atoms with Gasteiger partial charge in [0.05, 0.1) is 11.9 Å². The smallest absolute Gasteiger partial charge is 0.319 e. The summed E-state index contributed by atoms with van der Waals surface area (Å²) in [5.41, 5.74) is 1.80. The van der Waals surface area contributed by atoms with E-state index in [9.17, 15) is 4.79 Å². The van der Waals surface area contributed by atoms with Gasteiger partial charge in [0.15, 0.2) is 0 Å². The highest BCUT2D eigenvalue weighted by molar-refractivity contribution is 6.18. The Labute approximate surface area is 119 Å². The van der Waals surface area contributed by atoms with Crippen LogP contribution in [0.5, 0.6) is 0 Å². The van der Waals surface area contributed by atoms with Gasteiger partial charge >= 0.3 is 6.03 Å². The fourth-order valence-corrected chi connectivity index (χ4v) is 1.75. The number of hydrogen-bond donors (Lipinski definition) is 2. The van der Waals surface area contributed by atoms with Gasteiger partial charge in [0.1, 0.15) is 5.69 Å². The summed E-state index contributed by atoms with van der Waals surface area (Å²) in [5.74, 6) is 0.345. The van der Waals surface area contributed by atoms with Crippen molar-refractivity contribution < 1.29 is 4.79 Å². The van der Waals surface area contributed by atoms with Crippen LogP contribution in [0.4, 0.5) is 10.5 Å². The summed E-state index contributed by atoms with van der Waals surface area (Å²) >= 11 is 11.3. The molecule has 0 radical (unpaired) electrons. The molecular formula is C11H11Cl2N5O. The number of nitrogens with zero attached hydrogens (tertiary/aromatic N) is 3. The minimum atomic E-state index is -0.365. The molecule has 0 aliphatic carbocycles. The zero-order chi connectivity index (χ0) is 13.7. The third-order valence-electron chi connectivity index (χ3n) is 2.25. The molecule has 0 aromatic carbocycles. The summed E-state index contributed by atoms with van der Waals surface area (Å²) in [5, 5.41) is 9.34. The lowest BCUT2D eigenvalue weighted by molar-refractivity contribution is 0.252. The van der Waals surface area contributed by atoms with Crippen LogP contribution in [0.25, 0.3) is 11.3 Å². The number of rotatable bonds is 4. The van der Waals surface area contributed by atoms with E-state index >= 15 is 0 Å². The molecule has 0 atom stereocenters. The molecule has 0 aliphatic heterocycles. The van der Waals surface area contributed by atoms with Crippen molar-refractivity contribution in [3.8, 4) is 11.3 Å². The van der Waals surface area contributed by atoms with E-state index in [0.29, 0.717) is 23.8 Å². The Hall–Kier alpha value is -1.79. The lowest BCUT2D eigenvalue weighted by atomic mass is 10.2.